The van der Waals surface area contributed by atoms with Crippen molar-refractivity contribution in [1.82, 2.24) is 24.4 Å². The lowest BCUT2D eigenvalue weighted by Gasteiger charge is -2.24. The van der Waals surface area contributed by atoms with E-state index in [-0.39, 0.29) is 17.8 Å². The zero-order valence-corrected chi connectivity index (χ0v) is 20.1. The number of anilines is 1. The average molecular weight is 477 g/mol. The van der Waals surface area contributed by atoms with Crippen LogP contribution in [0.3, 0.4) is 0 Å². The van der Waals surface area contributed by atoms with Crippen LogP contribution in [0.5, 0.6) is 0 Å². The number of nitrogens with zero attached hydrogens (tertiary/aromatic N) is 5. The van der Waals surface area contributed by atoms with E-state index >= 15 is 0 Å². The van der Waals surface area contributed by atoms with E-state index < -0.39 is 0 Å². The van der Waals surface area contributed by atoms with E-state index in [1.165, 1.54) is 29.0 Å². The molecule has 0 spiro atoms. The number of amides is 1. The summed E-state index contributed by atoms with van der Waals surface area (Å²) in [5.74, 6) is -0.0879. The van der Waals surface area contributed by atoms with Crippen molar-refractivity contribution in [1.29, 1.82) is 0 Å². The quantitative estimate of drug-likeness (QED) is 0.437. The van der Waals surface area contributed by atoms with Gasteiger partial charge < -0.3 is 14.8 Å². The molecule has 5 rings (SSSR count). The highest BCUT2D eigenvalue weighted by Gasteiger charge is 2.22. The molecule has 3 aromatic heterocycles. The summed E-state index contributed by atoms with van der Waals surface area (Å²) in [6.07, 6.45) is 2.72. The molecule has 0 aliphatic carbocycles. The molecular formula is C25H25FN6OS. The first-order valence-corrected chi connectivity index (χ1v) is 12.0. The Morgan fingerprint density at radius 2 is 1.94 bits per heavy atom. The summed E-state index contributed by atoms with van der Waals surface area (Å²) in [6.45, 7) is 5.89. The highest BCUT2D eigenvalue weighted by molar-refractivity contribution is 7.13. The van der Waals surface area contributed by atoms with Crippen molar-refractivity contribution in [3.8, 4) is 22.0 Å². The number of nitrogens with one attached hydrogen (secondary N) is 1. The minimum absolute atomic E-state index is 0.135. The first kappa shape index (κ1) is 22.4. The van der Waals surface area contributed by atoms with Crippen molar-refractivity contribution in [2.75, 3.05) is 18.9 Å². The maximum atomic E-state index is 13.5. The predicted molar refractivity (Wildman–Crippen MR) is 131 cm³/mol. The summed E-state index contributed by atoms with van der Waals surface area (Å²) in [5, 5.41) is 5.30. The van der Waals surface area contributed by atoms with Crippen LogP contribution in [0.25, 0.3) is 22.0 Å². The van der Waals surface area contributed by atoms with Gasteiger partial charge in [-0.15, -0.1) is 11.3 Å². The number of likely N-dealkylation sites (N-methyl/N-ethyl adjacent to an activating group) is 1. The third-order valence-corrected chi connectivity index (χ3v) is 6.75. The molecule has 0 radical (unpaired) electrons. The molecule has 9 heteroatoms. The molecule has 1 aromatic carbocycles. The second kappa shape index (κ2) is 9.08. The Kier molecular flexibility index (Phi) is 5.97. The van der Waals surface area contributed by atoms with Gasteiger partial charge in [0.15, 0.2) is 0 Å². The van der Waals surface area contributed by atoms with E-state index in [0.29, 0.717) is 22.2 Å². The number of fused-ring (bicyclic) bond motifs is 1. The molecule has 1 aliphatic rings. The fourth-order valence-corrected chi connectivity index (χ4v) is 4.91. The zero-order valence-electron chi connectivity index (χ0n) is 19.2. The topological polar surface area (TPSA) is 75.9 Å². The monoisotopic (exact) mass is 476 g/mol. The minimum atomic E-state index is -0.307. The van der Waals surface area contributed by atoms with Gasteiger partial charge in [-0.3, -0.25) is 4.79 Å². The maximum Gasteiger partial charge on any atom is 0.276 e. The number of imidazole rings is 1. The fourth-order valence-electron chi connectivity index (χ4n) is 4.06. The number of hydrogen-bond donors (Lipinski definition) is 1. The molecule has 174 valence electrons. The smallest absolute Gasteiger partial charge is 0.276 e. The van der Waals surface area contributed by atoms with E-state index in [2.05, 4.69) is 46.1 Å². The van der Waals surface area contributed by atoms with Gasteiger partial charge in [0.25, 0.3) is 5.91 Å². The van der Waals surface area contributed by atoms with E-state index in [1.54, 1.807) is 23.8 Å². The van der Waals surface area contributed by atoms with E-state index in [4.69, 9.17) is 0 Å². The molecule has 1 aliphatic heterocycles. The molecule has 0 unspecified atom stereocenters. The lowest BCUT2D eigenvalue weighted by atomic mass is 10.1. The van der Waals surface area contributed by atoms with Crippen LogP contribution in [-0.2, 0) is 13.0 Å². The number of halogens is 1. The Hall–Kier alpha value is -3.43. The van der Waals surface area contributed by atoms with Gasteiger partial charge in [-0.05, 0) is 63.2 Å². The number of carbonyl (C=O) groups is 1. The Balaban J connectivity index is 1.43. The van der Waals surface area contributed by atoms with Gasteiger partial charge in [0, 0.05) is 30.1 Å². The number of benzene rings is 1. The van der Waals surface area contributed by atoms with Crippen molar-refractivity contribution in [3.63, 3.8) is 0 Å². The summed E-state index contributed by atoms with van der Waals surface area (Å²) >= 11 is 1.38. The Morgan fingerprint density at radius 3 is 2.71 bits per heavy atom. The molecule has 4 heterocycles. The first-order chi connectivity index (χ1) is 16.4. The number of rotatable bonds is 5. The van der Waals surface area contributed by atoms with Crippen molar-refractivity contribution < 1.29 is 9.18 Å². The summed E-state index contributed by atoms with van der Waals surface area (Å²) in [7, 11) is 2.06. The molecule has 1 N–H and O–H groups in total. The summed E-state index contributed by atoms with van der Waals surface area (Å²) < 4.78 is 15.5. The molecule has 0 saturated heterocycles. The predicted octanol–water partition coefficient (Wildman–Crippen LogP) is 5.03. The van der Waals surface area contributed by atoms with Gasteiger partial charge >= 0.3 is 0 Å². The number of aromatic nitrogens is 4. The lowest BCUT2D eigenvalue weighted by Crippen LogP contribution is -2.27. The third-order valence-electron chi connectivity index (χ3n) is 5.90. The Bertz CT molecular complexity index is 1340. The van der Waals surface area contributed by atoms with Crippen molar-refractivity contribution in [2.45, 2.75) is 32.9 Å². The van der Waals surface area contributed by atoms with Crippen LogP contribution in [0, 0.1) is 5.82 Å². The van der Waals surface area contributed by atoms with Crippen molar-refractivity contribution >= 4 is 23.1 Å². The molecule has 0 bridgehead atoms. The first-order valence-electron chi connectivity index (χ1n) is 11.2. The number of carbonyl (C=O) groups excluding carboxylic acids is 1. The normalized spacial score (nSPS) is 13.8. The maximum absolute atomic E-state index is 13.5. The molecular weight excluding hydrogens is 451 g/mol. The Morgan fingerprint density at radius 1 is 1.15 bits per heavy atom. The lowest BCUT2D eigenvalue weighted by molar-refractivity contribution is 0.102. The van der Waals surface area contributed by atoms with Crippen LogP contribution in [0.15, 0.2) is 48.1 Å². The zero-order chi connectivity index (χ0) is 23.8. The summed E-state index contributed by atoms with van der Waals surface area (Å²) in [5.41, 5.74) is 4.84. The molecule has 0 saturated carbocycles. The van der Waals surface area contributed by atoms with Gasteiger partial charge in [0.1, 0.15) is 28.0 Å². The molecule has 7 nitrogen and oxygen atoms in total. The van der Waals surface area contributed by atoms with Gasteiger partial charge in [-0.2, -0.15) is 0 Å². The van der Waals surface area contributed by atoms with Crippen LogP contribution in [0.4, 0.5) is 10.2 Å². The molecule has 0 fully saturated rings. The van der Waals surface area contributed by atoms with Gasteiger partial charge in [-0.1, -0.05) is 6.07 Å². The number of hydrogen-bond acceptors (Lipinski definition) is 6. The van der Waals surface area contributed by atoms with E-state index in [9.17, 15) is 9.18 Å². The molecule has 34 heavy (non-hydrogen) atoms. The van der Waals surface area contributed by atoms with Gasteiger partial charge in [-0.25, -0.2) is 19.3 Å². The Labute approximate surface area is 201 Å². The molecule has 1 amide bonds. The largest absolute Gasteiger partial charge is 0.326 e. The third kappa shape index (κ3) is 4.36. The van der Waals surface area contributed by atoms with Crippen molar-refractivity contribution in [2.24, 2.45) is 0 Å². The second-order valence-corrected chi connectivity index (χ2v) is 9.59. The minimum Gasteiger partial charge on any atom is -0.326 e. The number of thiazole rings is 1. The van der Waals surface area contributed by atoms with Crippen LogP contribution in [-0.4, -0.2) is 43.9 Å². The van der Waals surface area contributed by atoms with Gasteiger partial charge in [0.05, 0.1) is 17.7 Å². The summed E-state index contributed by atoms with van der Waals surface area (Å²) in [6, 6.07) is 10.2. The van der Waals surface area contributed by atoms with Gasteiger partial charge in [0.2, 0.25) is 0 Å². The van der Waals surface area contributed by atoms with Crippen LogP contribution in [0.2, 0.25) is 0 Å². The second-order valence-electron chi connectivity index (χ2n) is 8.73. The average Bonchev–Trinajstić information content (AvgIpc) is 3.47. The van der Waals surface area contributed by atoms with Crippen LogP contribution >= 0.6 is 11.3 Å². The SMILES string of the molecule is CC(C)n1cnc(-c2ccc(F)cc2)c1-c1nc(C(=O)Nc2ccc3c(n2)CN(C)CC3)cs1. The van der Waals surface area contributed by atoms with Crippen molar-refractivity contribution in [3.05, 3.63) is 70.9 Å². The van der Waals surface area contributed by atoms with E-state index in [1.807, 2.05) is 16.7 Å². The number of pyridine rings is 1. The van der Waals surface area contributed by atoms with E-state index in [0.717, 1.165) is 36.5 Å². The summed E-state index contributed by atoms with van der Waals surface area (Å²) in [4.78, 5) is 29.0. The molecule has 4 aromatic rings. The standard InChI is InChI=1S/C25H25FN6OS/c1-15(2)32-14-27-22(17-4-7-18(26)8-5-17)23(32)25-29-20(13-34-25)24(33)30-21-9-6-16-10-11-31(3)12-19(16)28-21/h4-9,13-15H,10-12H2,1-3H3,(H,28,30,33). The van der Waals surface area contributed by atoms with Crippen LogP contribution < -0.4 is 5.32 Å². The highest BCUT2D eigenvalue weighted by Crippen LogP contribution is 2.35. The molecule has 0 atom stereocenters. The highest BCUT2D eigenvalue weighted by atomic mass is 32.1. The van der Waals surface area contributed by atoms with Crippen LogP contribution in [0.1, 0.15) is 41.6 Å². The fraction of sp³-hybridized carbons (Fsp3) is 0.280.